The van der Waals surface area contributed by atoms with E-state index in [1.54, 1.807) is 19.1 Å². The number of nitro groups is 1. The summed E-state index contributed by atoms with van der Waals surface area (Å²) in [5, 5.41) is 33.9. The number of hydrogen-bond acceptors (Lipinski definition) is 5. The number of aliphatic hydroxyl groups is 1. The Morgan fingerprint density at radius 3 is 2.55 bits per heavy atom. The van der Waals surface area contributed by atoms with Crippen molar-refractivity contribution < 1.29 is 15.2 Å². The molecule has 3 N–H and O–H groups in total. The molecule has 8 heteroatoms. The van der Waals surface area contributed by atoms with Gasteiger partial charge in [0, 0.05) is 37.4 Å². The molecular formula is C14H25ClN3O4+. The van der Waals surface area contributed by atoms with E-state index in [1.165, 1.54) is 6.07 Å². The second-order valence-electron chi connectivity index (χ2n) is 4.93. The molecule has 0 bridgehead atoms. The number of halogens is 1. The van der Waals surface area contributed by atoms with Crippen molar-refractivity contribution in [2.45, 2.75) is 26.7 Å². The van der Waals surface area contributed by atoms with E-state index in [0.717, 1.165) is 13.0 Å². The Morgan fingerprint density at radius 2 is 2.05 bits per heavy atom. The zero-order chi connectivity index (χ0) is 15.9. The highest BCUT2D eigenvalue weighted by molar-refractivity contribution is 5.85. The number of hydroxylamine groups is 2. The minimum atomic E-state index is -0.551. The van der Waals surface area contributed by atoms with Crippen molar-refractivity contribution in [2.75, 3.05) is 31.6 Å². The second kappa shape index (κ2) is 9.58. The van der Waals surface area contributed by atoms with E-state index in [0.29, 0.717) is 18.7 Å². The molecule has 0 heterocycles. The van der Waals surface area contributed by atoms with Crippen molar-refractivity contribution >= 4 is 29.5 Å². The molecule has 1 atom stereocenters. The minimum Gasteiger partial charge on any atom is -0.396 e. The third-order valence-electron chi connectivity index (χ3n) is 3.41. The lowest BCUT2D eigenvalue weighted by molar-refractivity contribution is -0.385. The molecule has 0 aliphatic heterocycles. The Hall–Kier alpha value is -1.41. The molecule has 0 aromatic heterocycles. The van der Waals surface area contributed by atoms with Gasteiger partial charge in [0.25, 0.3) is 0 Å². The molecule has 1 aromatic rings. The maximum atomic E-state index is 11.3. The van der Waals surface area contributed by atoms with Crippen LogP contribution in [-0.4, -0.2) is 41.5 Å². The highest BCUT2D eigenvalue weighted by atomic mass is 35.5. The van der Waals surface area contributed by atoms with Gasteiger partial charge in [-0.15, -0.1) is 17.1 Å². The first-order valence-corrected chi connectivity index (χ1v) is 7.22. The first-order valence-electron chi connectivity index (χ1n) is 7.22. The van der Waals surface area contributed by atoms with Crippen LogP contribution in [0.25, 0.3) is 0 Å². The molecule has 7 nitrogen and oxygen atoms in total. The molecule has 0 saturated carbocycles. The SMILES string of the molecule is CCCNc1ccc([N+](O)(CC)CCCO)c([N+](=O)[O-])c1.Cl. The molecule has 0 amide bonds. The number of nitrogens with one attached hydrogen (secondary N) is 1. The van der Waals surface area contributed by atoms with Crippen molar-refractivity contribution in [3.63, 3.8) is 0 Å². The highest BCUT2D eigenvalue weighted by Gasteiger charge is 2.34. The van der Waals surface area contributed by atoms with Crippen molar-refractivity contribution in [2.24, 2.45) is 0 Å². The average molecular weight is 335 g/mol. The predicted octanol–water partition coefficient (Wildman–Crippen LogP) is 2.94. The third-order valence-corrected chi connectivity index (χ3v) is 3.41. The molecule has 126 valence electrons. The summed E-state index contributed by atoms with van der Waals surface area (Å²) < 4.78 is -0.551. The fourth-order valence-electron chi connectivity index (χ4n) is 2.18. The second-order valence-corrected chi connectivity index (χ2v) is 4.93. The number of quaternary nitrogens is 1. The lowest BCUT2D eigenvalue weighted by Crippen LogP contribution is -2.47. The summed E-state index contributed by atoms with van der Waals surface area (Å²) in [6.45, 7) is 4.96. The first kappa shape index (κ1) is 20.6. The van der Waals surface area contributed by atoms with Gasteiger partial charge in [0.15, 0.2) is 0 Å². The van der Waals surface area contributed by atoms with E-state index in [2.05, 4.69) is 5.32 Å². The van der Waals surface area contributed by atoms with E-state index in [9.17, 15) is 15.3 Å². The van der Waals surface area contributed by atoms with Crippen LogP contribution in [0.2, 0.25) is 0 Å². The zero-order valence-electron chi connectivity index (χ0n) is 13.0. The summed E-state index contributed by atoms with van der Waals surface area (Å²) in [4.78, 5) is 10.8. The molecule has 1 rings (SSSR count). The lowest BCUT2D eigenvalue weighted by atomic mass is 10.2. The maximum Gasteiger partial charge on any atom is 0.334 e. The molecule has 0 aliphatic rings. The Bertz CT molecular complexity index is 487. The van der Waals surface area contributed by atoms with Gasteiger partial charge in [0.1, 0.15) is 13.1 Å². The monoisotopic (exact) mass is 334 g/mol. The highest BCUT2D eigenvalue weighted by Crippen LogP contribution is 2.34. The Labute approximate surface area is 136 Å². The standard InChI is InChI=1S/C14H24N3O4.ClH/c1-3-8-15-12-6-7-14(13(11-12)16(19)20)17(21,4-2)9-5-10-18;/h6-7,11,15,18,21H,3-5,8-10H2,1-2H3;1H/q+1;. The molecule has 0 aliphatic carbocycles. The summed E-state index contributed by atoms with van der Waals surface area (Å²) >= 11 is 0. The van der Waals surface area contributed by atoms with Crippen LogP contribution in [0.15, 0.2) is 18.2 Å². The van der Waals surface area contributed by atoms with Gasteiger partial charge in [-0.05, 0) is 19.4 Å². The van der Waals surface area contributed by atoms with Gasteiger partial charge < -0.3 is 10.4 Å². The van der Waals surface area contributed by atoms with Crippen LogP contribution < -0.4 is 9.96 Å². The van der Waals surface area contributed by atoms with Crippen LogP contribution in [0, 0.1) is 10.1 Å². The molecule has 0 spiro atoms. The van der Waals surface area contributed by atoms with Gasteiger partial charge in [0.2, 0.25) is 5.69 Å². The van der Waals surface area contributed by atoms with Gasteiger partial charge in [-0.25, -0.2) is 5.21 Å². The summed E-state index contributed by atoms with van der Waals surface area (Å²) in [6.07, 6.45) is 1.29. The molecule has 0 saturated heterocycles. The van der Waals surface area contributed by atoms with E-state index in [4.69, 9.17) is 5.11 Å². The fourth-order valence-corrected chi connectivity index (χ4v) is 2.18. The molecule has 1 unspecified atom stereocenters. The van der Waals surface area contributed by atoms with E-state index in [1.807, 2.05) is 6.92 Å². The Morgan fingerprint density at radius 1 is 1.36 bits per heavy atom. The van der Waals surface area contributed by atoms with Crippen LogP contribution in [-0.2, 0) is 0 Å². The third kappa shape index (κ3) is 5.10. The normalized spacial score (nSPS) is 13.1. The quantitative estimate of drug-likeness (QED) is 0.366. The van der Waals surface area contributed by atoms with Crippen molar-refractivity contribution in [1.82, 2.24) is 4.65 Å². The summed E-state index contributed by atoms with van der Waals surface area (Å²) in [6, 6.07) is 4.76. The maximum absolute atomic E-state index is 11.3. The number of rotatable bonds is 9. The van der Waals surface area contributed by atoms with Crippen molar-refractivity contribution in [3.8, 4) is 0 Å². The minimum absolute atomic E-state index is 0. The molecule has 0 fully saturated rings. The molecular weight excluding hydrogens is 310 g/mol. The molecule has 22 heavy (non-hydrogen) atoms. The van der Waals surface area contributed by atoms with E-state index < -0.39 is 9.57 Å². The summed E-state index contributed by atoms with van der Waals surface area (Å²) in [7, 11) is 0. The van der Waals surface area contributed by atoms with Crippen molar-refractivity contribution in [1.29, 1.82) is 0 Å². The first-order chi connectivity index (χ1) is 9.98. The Balaban J connectivity index is 0.00000441. The number of nitro benzene ring substituents is 1. The predicted molar refractivity (Wildman–Crippen MR) is 89.8 cm³/mol. The van der Waals surface area contributed by atoms with Crippen molar-refractivity contribution in [3.05, 3.63) is 28.3 Å². The van der Waals surface area contributed by atoms with E-state index >= 15 is 0 Å². The fraction of sp³-hybridized carbons (Fsp3) is 0.571. The van der Waals surface area contributed by atoms with Crippen LogP contribution >= 0.6 is 12.4 Å². The largest absolute Gasteiger partial charge is 0.396 e. The number of aliphatic hydroxyl groups excluding tert-OH is 1. The van der Waals surface area contributed by atoms with Gasteiger partial charge >= 0.3 is 5.69 Å². The molecule has 1 aromatic carbocycles. The number of hydrogen-bond donors (Lipinski definition) is 3. The van der Waals surface area contributed by atoms with Crippen LogP contribution in [0.1, 0.15) is 26.7 Å². The lowest BCUT2D eigenvalue weighted by Gasteiger charge is -2.27. The van der Waals surface area contributed by atoms with Gasteiger partial charge in [-0.2, -0.15) is 0 Å². The van der Waals surface area contributed by atoms with Crippen LogP contribution in [0.5, 0.6) is 0 Å². The van der Waals surface area contributed by atoms with Gasteiger partial charge in [0.05, 0.1) is 4.92 Å². The average Bonchev–Trinajstić information content (AvgIpc) is 2.50. The number of nitrogens with zero attached hydrogens (tertiary/aromatic N) is 2. The van der Waals surface area contributed by atoms with Crippen LogP contribution in [0.3, 0.4) is 0 Å². The zero-order valence-corrected chi connectivity index (χ0v) is 13.8. The summed E-state index contributed by atoms with van der Waals surface area (Å²) in [5.41, 5.74) is 0.800. The van der Waals surface area contributed by atoms with Crippen LogP contribution in [0.4, 0.5) is 17.1 Å². The number of benzene rings is 1. The van der Waals surface area contributed by atoms with Gasteiger partial charge in [-0.3, -0.25) is 10.1 Å². The van der Waals surface area contributed by atoms with Gasteiger partial charge in [-0.1, -0.05) is 6.92 Å². The number of anilines is 1. The smallest absolute Gasteiger partial charge is 0.334 e. The Kier molecular flexibility index (Phi) is 8.96. The molecule has 0 radical (unpaired) electrons. The summed E-state index contributed by atoms with van der Waals surface area (Å²) in [5.74, 6) is 0. The topological polar surface area (TPSA) is 95.6 Å². The van der Waals surface area contributed by atoms with E-state index in [-0.39, 0.29) is 36.9 Å².